The van der Waals surface area contributed by atoms with Gasteiger partial charge in [-0.15, -0.1) is 5.10 Å². The summed E-state index contributed by atoms with van der Waals surface area (Å²) in [7, 11) is 0. The minimum Gasteiger partial charge on any atom is -0.342 e. The van der Waals surface area contributed by atoms with Gasteiger partial charge in [0.15, 0.2) is 0 Å². The van der Waals surface area contributed by atoms with Crippen molar-refractivity contribution < 1.29 is 4.79 Å². The first-order valence-electron chi connectivity index (χ1n) is 8.17. The number of aryl methyl sites for hydroxylation is 1. The average Bonchev–Trinajstić information content (AvgIpc) is 3.13. The predicted octanol–water partition coefficient (Wildman–Crippen LogP) is 3.07. The van der Waals surface area contributed by atoms with Crippen LogP contribution in [0.15, 0.2) is 60.9 Å². The van der Waals surface area contributed by atoms with Crippen molar-refractivity contribution in [3.8, 4) is 5.69 Å². The summed E-state index contributed by atoms with van der Waals surface area (Å²) in [6.07, 6.45) is 4.67. The lowest BCUT2D eigenvalue weighted by Crippen LogP contribution is -2.31. The fourth-order valence-corrected chi connectivity index (χ4v) is 3.20. The second kappa shape index (κ2) is 6.28. The topological polar surface area (TPSA) is 59.8 Å². The molecule has 1 N–H and O–H groups in total. The molecular weight excluding hydrogens is 300 g/mol. The number of amides is 1. The van der Waals surface area contributed by atoms with E-state index in [0.717, 1.165) is 24.9 Å². The number of nitrogens with one attached hydrogen (secondary N) is 1. The molecule has 120 valence electrons. The van der Waals surface area contributed by atoms with Crippen molar-refractivity contribution in [2.75, 3.05) is 0 Å². The van der Waals surface area contributed by atoms with Gasteiger partial charge in [0, 0.05) is 0 Å². The SMILES string of the molecule is O=C(NC1CCCc2ccccc21)c1ncn(-c2ccccc2)n1. The second-order valence-corrected chi connectivity index (χ2v) is 5.97. The van der Waals surface area contributed by atoms with Crippen molar-refractivity contribution in [1.82, 2.24) is 20.1 Å². The highest BCUT2D eigenvalue weighted by Gasteiger charge is 2.23. The van der Waals surface area contributed by atoms with Gasteiger partial charge in [0.1, 0.15) is 6.33 Å². The highest BCUT2D eigenvalue weighted by molar-refractivity contribution is 5.90. The molecular formula is C19H18N4O. The largest absolute Gasteiger partial charge is 0.342 e. The standard InChI is InChI=1S/C19H18N4O/c24-19(18-20-13-23(22-18)15-9-2-1-3-10-15)21-17-12-6-8-14-7-4-5-11-16(14)17/h1-5,7,9-11,13,17H,6,8,12H2,(H,21,24). The van der Waals surface area contributed by atoms with E-state index in [1.54, 1.807) is 11.0 Å². The van der Waals surface area contributed by atoms with Crippen molar-refractivity contribution in [3.05, 3.63) is 77.9 Å². The van der Waals surface area contributed by atoms with Crippen LogP contribution in [0.4, 0.5) is 0 Å². The van der Waals surface area contributed by atoms with Gasteiger partial charge in [-0.1, -0.05) is 42.5 Å². The van der Waals surface area contributed by atoms with E-state index in [-0.39, 0.29) is 17.8 Å². The van der Waals surface area contributed by atoms with Gasteiger partial charge in [0.05, 0.1) is 11.7 Å². The molecule has 1 aliphatic rings. The molecule has 0 radical (unpaired) electrons. The maximum absolute atomic E-state index is 12.5. The molecule has 1 unspecified atom stereocenters. The van der Waals surface area contributed by atoms with Gasteiger partial charge in [0.2, 0.25) is 5.82 Å². The van der Waals surface area contributed by atoms with Crippen molar-refractivity contribution in [2.45, 2.75) is 25.3 Å². The van der Waals surface area contributed by atoms with E-state index < -0.39 is 0 Å². The normalized spacial score (nSPS) is 16.4. The molecule has 5 nitrogen and oxygen atoms in total. The summed E-state index contributed by atoms with van der Waals surface area (Å²) in [6.45, 7) is 0. The molecule has 0 bridgehead atoms. The maximum atomic E-state index is 12.5. The lowest BCUT2D eigenvalue weighted by atomic mass is 9.88. The van der Waals surface area contributed by atoms with Crippen LogP contribution in [0.1, 0.15) is 40.6 Å². The van der Waals surface area contributed by atoms with E-state index in [0.29, 0.717) is 0 Å². The maximum Gasteiger partial charge on any atom is 0.291 e. The lowest BCUT2D eigenvalue weighted by molar-refractivity contribution is 0.0922. The molecule has 1 heterocycles. The number of hydrogen-bond donors (Lipinski definition) is 1. The quantitative estimate of drug-likeness (QED) is 0.807. The fraction of sp³-hybridized carbons (Fsp3) is 0.211. The average molecular weight is 318 g/mol. The summed E-state index contributed by atoms with van der Waals surface area (Å²) in [6, 6.07) is 18.0. The van der Waals surface area contributed by atoms with E-state index in [1.165, 1.54) is 11.1 Å². The van der Waals surface area contributed by atoms with E-state index >= 15 is 0 Å². The molecule has 3 aromatic rings. The summed E-state index contributed by atoms with van der Waals surface area (Å²) in [5, 5.41) is 7.37. The third-order valence-electron chi connectivity index (χ3n) is 4.39. The Hall–Kier alpha value is -2.95. The second-order valence-electron chi connectivity index (χ2n) is 5.97. The predicted molar refractivity (Wildman–Crippen MR) is 90.9 cm³/mol. The highest BCUT2D eigenvalue weighted by atomic mass is 16.2. The molecule has 4 rings (SSSR count). The number of hydrogen-bond acceptors (Lipinski definition) is 3. The van der Waals surface area contributed by atoms with Crippen LogP contribution in [0.2, 0.25) is 0 Å². The Morgan fingerprint density at radius 3 is 2.75 bits per heavy atom. The highest BCUT2D eigenvalue weighted by Crippen LogP contribution is 2.29. The molecule has 0 aliphatic heterocycles. The van der Waals surface area contributed by atoms with Gasteiger partial charge in [-0.05, 0) is 42.5 Å². The monoisotopic (exact) mass is 318 g/mol. The molecule has 0 spiro atoms. The van der Waals surface area contributed by atoms with Crippen LogP contribution in [0.25, 0.3) is 5.69 Å². The Morgan fingerprint density at radius 2 is 1.88 bits per heavy atom. The Balaban J connectivity index is 1.53. The smallest absolute Gasteiger partial charge is 0.291 e. The molecule has 0 saturated carbocycles. The molecule has 24 heavy (non-hydrogen) atoms. The van der Waals surface area contributed by atoms with Crippen LogP contribution in [-0.4, -0.2) is 20.7 Å². The number of rotatable bonds is 3. The number of benzene rings is 2. The fourth-order valence-electron chi connectivity index (χ4n) is 3.20. The van der Waals surface area contributed by atoms with Crippen LogP contribution < -0.4 is 5.32 Å². The molecule has 1 aliphatic carbocycles. The van der Waals surface area contributed by atoms with Crippen molar-refractivity contribution >= 4 is 5.91 Å². The zero-order valence-electron chi connectivity index (χ0n) is 13.2. The zero-order valence-corrected chi connectivity index (χ0v) is 13.2. The van der Waals surface area contributed by atoms with Gasteiger partial charge < -0.3 is 5.32 Å². The van der Waals surface area contributed by atoms with Crippen LogP contribution in [0.5, 0.6) is 0 Å². The number of carbonyl (C=O) groups is 1. The van der Waals surface area contributed by atoms with Gasteiger partial charge >= 0.3 is 0 Å². The number of fused-ring (bicyclic) bond motifs is 1. The Labute approximate surface area is 140 Å². The Bertz CT molecular complexity index is 857. The molecule has 1 amide bonds. The van der Waals surface area contributed by atoms with Crippen LogP contribution in [0, 0.1) is 0 Å². The number of aromatic nitrogens is 3. The first-order valence-corrected chi connectivity index (χ1v) is 8.17. The molecule has 0 fully saturated rings. The molecule has 5 heteroatoms. The molecule has 1 atom stereocenters. The Kier molecular flexibility index (Phi) is 3.83. The van der Waals surface area contributed by atoms with E-state index in [2.05, 4.69) is 27.5 Å². The minimum absolute atomic E-state index is 0.0334. The van der Waals surface area contributed by atoms with Crippen LogP contribution in [0.3, 0.4) is 0 Å². The minimum atomic E-state index is -0.230. The van der Waals surface area contributed by atoms with Gasteiger partial charge in [-0.25, -0.2) is 9.67 Å². The molecule has 2 aromatic carbocycles. The van der Waals surface area contributed by atoms with E-state index in [4.69, 9.17) is 0 Å². The molecule has 0 saturated heterocycles. The summed E-state index contributed by atoms with van der Waals surface area (Å²) >= 11 is 0. The van der Waals surface area contributed by atoms with Crippen LogP contribution in [-0.2, 0) is 6.42 Å². The number of nitrogens with zero attached hydrogens (tertiary/aromatic N) is 3. The summed E-state index contributed by atoms with van der Waals surface area (Å²) in [5.74, 6) is -0.0340. The number of para-hydroxylation sites is 1. The number of carbonyl (C=O) groups excluding carboxylic acids is 1. The summed E-state index contributed by atoms with van der Waals surface area (Å²) in [5.41, 5.74) is 3.41. The van der Waals surface area contributed by atoms with Crippen LogP contribution >= 0.6 is 0 Å². The van der Waals surface area contributed by atoms with Gasteiger partial charge in [0.25, 0.3) is 5.91 Å². The van der Waals surface area contributed by atoms with Crippen molar-refractivity contribution in [1.29, 1.82) is 0 Å². The zero-order chi connectivity index (χ0) is 16.4. The molecule has 1 aromatic heterocycles. The Morgan fingerprint density at radius 1 is 1.08 bits per heavy atom. The third kappa shape index (κ3) is 2.80. The first-order chi connectivity index (χ1) is 11.8. The summed E-state index contributed by atoms with van der Waals surface area (Å²) in [4.78, 5) is 16.7. The van der Waals surface area contributed by atoms with Gasteiger partial charge in [-0.2, -0.15) is 0 Å². The van der Waals surface area contributed by atoms with Crippen molar-refractivity contribution in [2.24, 2.45) is 0 Å². The van der Waals surface area contributed by atoms with E-state index in [9.17, 15) is 4.79 Å². The summed E-state index contributed by atoms with van der Waals surface area (Å²) < 4.78 is 1.61. The van der Waals surface area contributed by atoms with E-state index in [1.807, 2.05) is 42.5 Å². The van der Waals surface area contributed by atoms with Gasteiger partial charge in [-0.3, -0.25) is 4.79 Å². The third-order valence-corrected chi connectivity index (χ3v) is 4.39. The lowest BCUT2D eigenvalue weighted by Gasteiger charge is -2.25. The van der Waals surface area contributed by atoms with Crippen molar-refractivity contribution in [3.63, 3.8) is 0 Å². The first kappa shape index (κ1) is 14.6.